The number of benzene rings is 1. The molecule has 1 heterocycles. The molecule has 1 N–H and O–H groups in total. The molecule has 84 valence electrons. The van der Waals surface area contributed by atoms with Crippen LogP contribution in [0.1, 0.15) is 43.2 Å². The molecule has 0 spiro atoms. The zero-order valence-corrected chi connectivity index (χ0v) is 10.1. The molecule has 0 saturated heterocycles. The average molecular weight is 213 g/mol. The van der Waals surface area contributed by atoms with E-state index in [2.05, 4.69) is 43.2 Å². The van der Waals surface area contributed by atoms with Crippen molar-refractivity contribution in [3.05, 3.63) is 35.5 Å². The Balaban J connectivity index is 2.06. The van der Waals surface area contributed by atoms with Crippen molar-refractivity contribution in [2.45, 2.75) is 39.0 Å². The molecule has 16 heavy (non-hydrogen) atoms. The minimum Gasteiger partial charge on any atom is -0.361 e. The van der Waals surface area contributed by atoms with Gasteiger partial charge < -0.3 is 4.98 Å². The maximum absolute atomic E-state index is 3.41. The fraction of sp³-hybridized carbons (Fsp3) is 0.467. The summed E-state index contributed by atoms with van der Waals surface area (Å²) >= 11 is 0. The first kappa shape index (κ1) is 9.95. The molecule has 2 aromatic rings. The van der Waals surface area contributed by atoms with E-state index in [9.17, 15) is 0 Å². The van der Waals surface area contributed by atoms with Gasteiger partial charge in [-0.15, -0.1) is 0 Å². The van der Waals surface area contributed by atoms with Crippen LogP contribution in [0.3, 0.4) is 0 Å². The van der Waals surface area contributed by atoms with Crippen LogP contribution in [0.2, 0.25) is 0 Å². The molecule has 2 unspecified atom stereocenters. The van der Waals surface area contributed by atoms with E-state index >= 15 is 0 Å². The van der Waals surface area contributed by atoms with Gasteiger partial charge >= 0.3 is 0 Å². The fourth-order valence-corrected chi connectivity index (χ4v) is 3.08. The van der Waals surface area contributed by atoms with Crippen LogP contribution in [0.25, 0.3) is 10.9 Å². The zero-order valence-electron chi connectivity index (χ0n) is 10.1. The van der Waals surface area contributed by atoms with E-state index < -0.39 is 0 Å². The molecular formula is C15H19N. The SMILES string of the molecule is Cc1ccc2[nH]cc(C3CCC(C)C3)c2c1. The third-order valence-corrected chi connectivity index (χ3v) is 4.00. The number of fused-ring (bicyclic) bond motifs is 1. The summed E-state index contributed by atoms with van der Waals surface area (Å²) in [4.78, 5) is 3.41. The minimum absolute atomic E-state index is 0.783. The number of aromatic amines is 1. The van der Waals surface area contributed by atoms with E-state index in [4.69, 9.17) is 0 Å². The monoisotopic (exact) mass is 213 g/mol. The van der Waals surface area contributed by atoms with Gasteiger partial charge in [-0.1, -0.05) is 25.0 Å². The van der Waals surface area contributed by atoms with Gasteiger partial charge in [-0.3, -0.25) is 0 Å². The fourth-order valence-electron chi connectivity index (χ4n) is 3.08. The van der Waals surface area contributed by atoms with Crippen LogP contribution in [-0.4, -0.2) is 4.98 Å². The lowest BCUT2D eigenvalue weighted by Gasteiger charge is -2.08. The van der Waals surface area contributed by atoms with Gasteiger partial charge in [0.2, 0.25) is 0 Å². The largest absolute Gasteiger partial charge is 0.361 e. The van der Waals surface area contributed by atoms with Crippen LogP contribution >= 0.6 is 0 Å². The second-order valence-electron chi connectivity index (χ2n) is 5.41. The van der Waals surface area contributed by atoms with Crippen molar-refractivity contribution >= 4 is 10.9 Å². The summed E-state index contributed by atoms with van der Waals surface area (Å²) in [5.74, 6) is 1.69. The molecule has 3 rings (SSSR count). The molecule has 2 atom stereocenters. The van der Waals surface area contributed by atoms with Gasteiger partial charge in [0.15, 0.2) is 0 Å². The minimum atomic E-state index is 0.783. The first-order valence-electron chi connectivity index (χ1n) is 6.31. The Labute approximate surface area is 96.9 Å². The molecule has 0 bridgehead atoms. The number of nitrogens with one attached hydrogen (secondary N) is 1. The molecule has 1 aliphatic rings. The Morgan fingerprint density at radius 2 is 2.12 bits per heavy atom. The van der Waals surface area contributed by atoms with Crippen LogP contribution in [-0.2, 0) is 0 Å². The number of H-pyrrole nitrogens is 1. The van der Waals surface area contributed by atoms with Crippen LogP contribution in [0.15, 0.2) is 24.4 Å². The molecule has 0 aliphatic heterocycles. The van der Waals surface area contributed by atoms with Gasteiger partial charge in [-0.05, 0) is 49.3 Å². The van der Waals surface area contributed by atoms with Gasteiger partial charge in [0.25, 0.3) is 0 Å². The first-order valence-corrected chi connectivity index (χ1v) is 6.31. The number of hydrogen-bond acceptors (Lipinski definition) is 0. The predicted molar refractivity (Wildman–Crippen MR) is 68.8 cm³/mol. The Kier molecular flexibility index (Phi) is 2.27. The lowest BCUT2D eigenvalue weighted by Crippen LogP contribution is -1.92. The van der Waals surface area contributed by atoms with Gasteiger partial charge in [0.05, 0.1) is 0 Å². The van der Waals surface area contributed by atoms with Gasteiger partial charge in [-0.25, -0.2) is 0 Å². The third-order valence-electron chi connectivity index (χ3n) is 4.00. The highest BCUT2D eigenvalue weighted by Crippen LogP contribution is 2.40. The summed E-state index contributed by atoms with van der Waals surface area (Å²) in [7, 11) is 0. The van der Waals surface area contributed by atoms with Crippen molar-refractivity contribution in [3.8, 4) is 0 Å². The number of aromatic nitrogens is 1. The molecule has 1 fully saturated rings. The zero-order chi connectivity index (χ0) is 11.1. The number of hydrogen-bond donors (Lipinski definition) is 1. The van der Waals surface area contributed by atoms with E-state index in [-0.39, 0.29) is 0 Å². The van der Waals surface area contributed by atoms with Crippen molar-refractivity contribution in [2.75, 3.05) is 0 Å². The quantitative estimate of drug-likeness (QED) is 0.723. The molecular weight excluding hydrogens is 194 g/mol. The maximum atomic E-state index is 3.41. The molecule has 1 nitrogen and oxygen atoms in total. The van der Waals surface area contributed by atoms with Crippen LogP contribution in [0, 0.1) is 12.8 Å². The Morgan fingerprint density at radius 1 is 1.25 bits per heavy atom. The van der Waals surface area contributed by atoms with Crippen LogP contribution in [0.4, 0.5) is 0 Å². The van der Waals surface area contributed by atoms with E-state index in [0.29, 0.717) is 0 Å². The lowest BCUT2D eigenvalue weighted by atomic mass is 9.95. The van der Waals surface area contributed by atoms with Gasteiger partial charge in [0, 0.05) is 17.1 Å². The molecule has 1 aromatic carbocycles. The number of aryl methyl sites for hydroxylation is 1. The molecule has 0 amide bonds. The van der Waals surface area contributed by atoms with E-state index in [1.807, 2.05) is 0 Å². The Bertz CT molecular complexity index is 509. The molecule has 1 aromatic heterocycles. The lowest BCUT2D eigenvalue weighted by molar-refractivity contribution is 0.597. The second kappa shape index (κ2) is 3.65. The summed E-state index contributed by atoms with van der Waals surface area (Å²) in [5.41, 5.74) is 4.20. The van der Waals surface area contributed by atoms with Gasteiger partial charge in [0.1, 0.15) is 0 Å². The second-order valence-corrected chi connectivity index (χ2v) is 5.41. The first-order chi connectivity index (χ1) is 7.74. The normalized spacial score (nSPS) is 25.4. The highest BCUT2D eigenvalue weighted by atomic mass is 14.7. The van der Waals surface area contributed by atoms with Crippen LogP contribution in [0.5, 0.6) is 0 Å². The summed E-state index contributed by atoms with van der Waals surface area (Å²) in [6.45, 7) is 4.55. The molecule has 1 heteroatoms. The summed E-state index contributed by atoms with van der Waals surface area (Å²) < 4.78 is 0. The molecule has 1 saturated carbocycles. The van der Waals surface area contributed by atoms with Gasteiger partial charge in [-0.2, -0.15) is 0 Å². The van der Waals surface area contributed by atoms with E-state index in [0.717, 1.165) is 11.8 Å². The highest BCUT2D eigenvalue weighted by molar-refractivity contribution is 5.84. The average Bonchev–Trinajstić information content (AvgIpc) is 2.83. The van der Waals surface area contributed by atoms with Crippen molar-refractivity contribution in [2.24, 2.45) is 5.92 Å². The molecule has 0 radical (unpaired) electrons. The topological polar surface area (TPSA) is 15.8 Å². The summed E-state index contributed by atoms with van der Waals surface area (Å²) in [6.07, 6.45) is 6.35. The predicted octanol–water partition coefficient (Wildman–Crippen LogP) is 4.38. The smallest absolute Gasteiger partial charge is 0.0457 e. The summed E-state index contributed by atoms with van der Waals surface area (Å²) in [6, 6.07) is 6.70. The number of rotatable bonds is 1. The third kappa shape index (κ3) is 1.55. The van der Waals surface area contributed by atoms with Crippen molar-refractivity contribution in [1.82, 2.24) is 4.98 Å². The van der Waals surface area contributed by atoms with Crippen molar-refractivity contribution in [3.63, 3.8) is 0 Å². The molecule has 1 aliphatic carbocycles. The Morgan fingerprint density at radius 3 is 2.88 bits per heavy atom. The van der Waals surface area contributed by atoms with Crippen LogP contribution < -0.4 is 0 Å². The van der Waals surface area contributed by atoms with Crippen molar-refractivity contribution in [1.29, 1.82) is 0 Å². The maximum Gasteiger partial charge on any atom is 0.0457 e. The standard InChI is InChI=1S/C15H19N/c1-10-3-5-12(7-10)14-9-16-15-6-4-11(2)8-13(14)15/h4,6,8-10,12,16H,3,5,7H2,1-2H3. The summed E-state index contributed by atoms with van der Waals surface area (Å²) in [5, 5.41) is 1.44. The highest BCUT2D eigenvalue weighted by Gasteiger charge is 2.24. The van der Waals surface area contributed by atoms with E-state index in [1.165, 1.54) is 35.7 Å². The Hall–Kier alpha value is -1.24. The van der Waals surface area contributed by atoms with Crippen molar-refractivity contribution < 1.29 is 0 Å². The van der Waals surface area contributed by atoms with E-state index in [1.54, 1.807) is 5.56 Å².